The zero-order valence-electron chi connectivity index (χ0n) is 9.46. The summed E-state index contributed by atoms with van der Waals surface area (Å²) in [7, 11) is 0. The molecule has 2 rings (SSSR count). The second-order valence-corrected chi connectivity index (χ2v) is 3.84. The second kappa shape index (κ2) is 4.48. The lowest BCUT2D eigenvalue weighted by molar-refractivity contribution is 0.855. The average Bonchev–Trinajstić information content (AvgIpc) is 2.31. The van der Waals surface area contributed by atoms with Crippen molar-refractivity contribution in [3.05, 3.63) is 53.9 Å². The van der Waals surface area contributed by atoms with Crippen molar-refractivity contribution in [2.75, 3.05) is 0 Å². The van der Waals surface area contributed by atoms with Crippen LogP contribution in [0.1, 0.15) is 32.3 Å². The molecule has 0 unspecified atom stereocenters. The van der Waals surface area contributed by atoms with Crippen LogP contribution in [-0.4, -0.2) is 0 Å². The Morgan fingerprint density at radius 3 is 2.27 bits per heavy atom. The lowest BCUT2D eigenvalue weighted by Crippen LogP contribution is -1.97. The van der Waals surface area contributed by atoms with Gasteiger partial charge in [-0.15, -0.1) is 0 Å². The summed E-state index contributed by atoms with van der Waals surface area (Å²) in [5.74, 6) is 1.55. The van der Waals surface area contributed by atoms with E-state index in [1.165, 1.54) is 16.3 Å². The number of hydrogen-bond acceptors (Lipinski definition) is 0. The standard InChI is InChI=1S/C15H17/c1-3-12(4-2)14-11-7-9-13-8-5-6-10-15(13)14/h5-11H,3-4H2,1-2H3. The highest BCUT2D eigenvalue weighted by Gasteiger charge is 2.10. The minimum Gasteiger partial charge on any atom is -0.0645 e. The Labute approximate surface area is 91.9 Å². The van der Waals surface area contributed by atoms with Crippen LogP contribution in [0.5, 0.6) is 0 Å². The van der Waals surface area contributed by atoms with Gasteiger partial charge in [-0.25, -0.2) is 0 Å². The summed E-state index contributed by atoms with van der Waals surface area (Å²) in [5.41, 5.74) is 1.43. The maximum absolute atomic E-state index is 2.24. The van der Waals surface area contributed by atoms with Crippen molar-refractivity contribution >= 4 is 10.8 Å². The van der Waals surface area contributed by atoms with Gasteiger partial charge in [0.05, 0.1) is 0 Å². The first kappa shape index (κ1) is 10.2. The van der Waals surface area contributed by atoms with Crippen molar-refractivity contribution in [3.8, 4) is 0 Å². The summed E-state index contributed by atoms with van der Waals surface area (Å²) in [6.45, 7) is 4.47. The fourth-order valence-corrected chi connectivity index (χ4v) is 2.16. The predicted octanol–water partition coefficient (Wildman–Crippen LogP) is 4.58. The Bertz CT molecular complexity index is 433. The Morgan fingerprint density at radius 1 is 0.867 bits per heavy atom. The molecule has 0 aliphatic rings. The van der Waals surface area contributed by atoms with Crippen LogP contribution in [0, 0.1) is 5.92 Å². The van der Waals surface area contributed by atoms with Crippen LogP contribution >= 0.6 is 0 Å². The maximum Gasteiger partial charge on any atom is 0.00507 e. The van der Waals surface area contributed by atoms with E-state index < -0.39 is 0 Å². The Morgan fingerprint density at radius 2 is 1.53 bits per heavy atom. The molecule has 0 aromatic heterocycles. The van der Waals surface area contributed by atoms with E-state index in [-0.39, 0.29) is 0 Å². The molecule has 2 aromatic carbocycles. The van der Waals surface area contributed by atoms with Crippen molar-refractivity contribution in [1.82, 2.24) is 0 Å². The SMILES string of the molecule is CC[C](CC)c1cccc2ccccc12. The van der Waals surface area contributed by atoms with Gasteiger partial charge in [-0.3, -0.25) is 0 Å². The molecule has 2 aromatic rings. The molecule has 0 saturated carbocycles. The highest BCUT2D eigenvalue weighted by atomic mass is 14.1. The molecule has 0 amide bonds. The van der Waals surface area contributed by atoms with Gasteiger partial charge in [-0.05, 0) is 29.2 Å². The van der Waals surface area contributed by atoms with Crippen molar-refractivity contribution in [3.63, 3.8) is 0 Å². The normalized spacial score (nSPS) is 11.1. The molecule has 0 atom stereocenters. The molecule has 0 spiro atoms. The third kappa shape index (κ3) is 1.90. The average molecular weight is 197 g/mol. The molecule has 0 aliphatic carbocycles. The van der Waals surface area contributed by atoms with Crippen LogP contribution in [0.25, 0.3) is 10.8 Å². The van der Waals surface area contributed by atoms with Crippen molar-refractivity contribution in [1.29, 1.82) is 0 Å². The Balaban J connectivity index is 2.59. The van der Waals surface area contributed by atoms with E-state index in [0.29, 0.717) is 0 Å². The third-order valence-corrected chi connectivity index (χ3v) is 3.02. The lowest BCUT2D eigenvalue weighted by atomic mass is 9.90. The van der Waals surface area contributed by atoms with Gasteiger partial charge in [0.2, 0.25) is 0 Å². The smallest absolute Gasteiger partial charge is 0.00507 e. The number of benzene rings is 2. The van der Waals surface area contributed by atoms with Crippen LogP contribution < -0.4 is 0 Å². The number of rotatable bonds is 3. The molecule has 0 bridgehead atoms. The summed E-state index contributed by atoms with van der Waals surface area (Å²) in [6.07, 6.45) is 2.29. The summed E-state index contributed by atoms with van der Waals surface area (Å²) in [6, 6.07) is 15.2. The molecule has 0 nitrogen and oxygen atoms in total. The highest BCUT2D eigenvalue weighted by molar-refractivity contribution is 5.87. The highest BCUT2D eigenvalue weighted by Crippen LogP contribution is 2.28. The van der Waals surface area contributed by atoms with Crippen molar-refractivity contribution < 1.29 is 0 Å². The van der Waals surface area contributed by atoms with E-state index in [9.17, 15) is 0 Å². The quantitative estimate of drug-likeness (QED) is 0.675. The lowest BCUT2D eigenvalue weighted by Gasteiger charge is -2.14. The van der Waals surface area contributed by atoms with E-state index in [1.807, 2.05) is 0 Å². The fraction of sp³-hybridized carbons (Fsp3) is 0.267. The summed E-state index contributed by atoms with van der Waals surface area (Å²) in [4.78, 5) is 0. The zero-order chi connectivity index (χ0) is 10.7. The summed E-state index contributed by atoms with van der Waals surface area (Å²) < 4.78 is 0. The van der Waals surface area contributed by atoms with E-state index in [0.717, 1.165) is 12.8 Å². The first-order valence-electron chi connectivity index (χ1n) is 5.69. The van der Waals surface area contributed by atoms with Crippen LogP contribution in [0.15, 0.2) is 42.5 Å². The largest absolute Gasteiger partial charge is 0.0645 e. The van der Waals surface area contributed by atoms with Gasteiger partial charge in [-0.2, -0.15) is 0 Å². The van der Waals surface area contributed by atoms with Gasteiger partial charge in [0, 0.05) is 5.92 Å². The van der Waals surface area contributed by atoms with Gasteiger partial charge < -0.3 is 0 Å². The fourth-order valence-electron chi connectivity index (χ4n) is 2.16. The zero-order valence-corrected chi connectivity index (χ0v) is 9.46. The second-order valence-electron chi connectivity index (χ2n) is 3.84. The molecule has 0 N–H and O–H groups in total. The van der Waals surface area contributed by atoms with Gasteiger partial charge in [-0.1, -0.05) is 56.3 Å². The van der Waals surface area contributed by atoms with E-state index >= 15 is 0 Å². The van der Waals surface area contributed by atoms with Crippen LogP contribution in [0.4, 0.5) is 0 Å². The van der Waals surface area contributed by atoms with E-state index in [4.69, 9.17) is 0 Å². The van der Waals surface area contributed by atoms with Crippen molar-refractivity contribution in [2.45, 2.75) is 26.7 Å². The molecule has 0 fully saturated rings. The molecular formula is C15H17. The first-order valence-corrected chi connectivity index (χ1v) is 5.69. The Hall–Kier alpha value is -1.30. The summed E-state index contributed by atoms with van der Waals surface area (Å²) in [5, 5.41) is 2.73. The number of hydrogen-bond donors (Lipinski definition) is 0. The third-order valence-electron chi connectivity index (χ3n) is 3.02. The predicted molar refractivity (Wildman–Crippen MR) is 66.9 cm³/mol. The molecule has 0 aliphatic heterocycles. The molecule has 0 heteroatoms. The van der Waals surface area contributed by atoms with Gasteiger partial charge >= 0.3 is 0 Å². The molecule has 0 saturated heterocycles. The number of fused-ring (bicyclic) bond motifs is 1. The topological polar surface area (TPSA) is 0 Å². The van der Waals surface area contributed by atoms with Crippen LogP contribution in [0.3, 0.4) is 0 Å². The summed E-state index contributed by atoms with van der Waals surface area (Å²) >= 11 is 0. The van der Waals surface area contributed by atoms with E-state index in [2.05, 4.69) is 56.3 Å². The van der Waals surface area contributed by atoms with Crippen LogP contribution in [0.2, 0.25) is 0 Å². The molecule has 77 valence electrons. The minimum absolute atomic E-state index is 1.14. The van der Waals surface area contributed by atoms with Crippen molar-refractivity contribution in [2.24, 2.45) is 0 Å². The monoisotopic (exact) mass is 197 g/mol. The van der Waals surface area contributed by atoms with Gasteiger partial charge in [0.1, 0.15) is 0 Å². The van der Waals surface area contributed by atoms with Gasteiger partial charge in [0.15, 0.2) is 0 Å². The molecule has 15 heavy (non-hydrogen) atoms. The molecule has 0 heterocycles. The van der Waals surface area contributed by atoms with Gasteiger partial charge in [0.25, 0.3) is 0 Å². The van der Waals surface area contributed by atoms with E-state index in [1.54, 1.807) is 5.92 Å². The maximum atomic E-state index is 2.24. The minimum atomic E-state index is 1.14. The van der Waals surface area contributed by atoms with Crippen LogP contribution in [-0.2, 0) is 0 Å². The molecule has 1 radical (unpaired) electrons. The first-order chi connectivity index (χ1) is 7.36. The Kier molecular flexibility index (Phi) is 3.05. The molecular weight excluding hydrogens is 180 g/mol.